The van der Waals surface area contributed by atoms with Crippen LogP contribution in [0.25, 0.3) is 0 Å². The van der Waals surface area contributed by atoms with Crippen LogP contribution in [0, 0.1) is 0 Å². The Morgan fingerprint density at radius 3 is 2.70 bits per heavy atom. The summed E-state index contributed by atoms with van der Waals surface area (Å²) in [6, 6.07) is 0. The summed E-state index contributed by atoms with van der Waals surface area (Å²) < 4.78 is 5.39. The molecule has 4 N–H and O–H groups in total. The number of hydrogen-bond acceptors (Lipinski definition) is 8. The van der Waals surface area contributed by atoms with Crippen molar-refractivity contribution in [1.29, 1.82) is 0 Å². The Morgan fingerprint density at radius 1 is 1.50 bits per heavy atom. The van der Waals surface area contributed by atoms with Gasteiger partial charge in [-0.2, -0.15) is 0 Å². The first-order valence-corrected chi connectivity index (χ1v) is 8.15. The Kier molecular flexibility index (Phi) is 4.55. The molecule has 1 aromatic rings. The predicted molar refractivity (Wildman–Crippen MR) is 75.3 cm³/mol. The molecular weight excluding hydrogens is 302 g/mol. The first-order chi connectivity index (χ1) is 9.45. The van der Waals surface area contributed by atoms with E-state index in [0.29, 0.717) is 12.0 Å². The van der Waals surface area contributed by atoms with Gasteiger partial charge in [0.15, 0.2) is 0 Å². The van der Waals surface area contributed by atoms with E-state index in [-0.39, 0.29) is 6.61 Å². The molecule has 1 saturated heterocycles. The van der Waals surface area contributed by atoms with E-state index in [2.05, 4.69) is 9.97 Å². The minimum Gasteiger partial charge on any atom is -0.366 e. The summed E-state index contributed by atoms with van der Waals surface area (Å²) in [7, 11) is 1.88. The van der Waals surface area contributed by atoms with E-state index in [1.54, 1.807) is 0 Å². The second-order valence-electron chi connectivity index (χ2n) is 4.28. The topological polar surface area (TPSA) is 119 Å². The smallest absolute Gasteiger partial charge is 0.266 e. The number of nitrogens with two attached hydrogens (primary N) is 1. The van der Waals surface area contributed by atoms with Gasteiger partial charge in [0.2, 0.25) is 5.79 Å². The van der Waals surface area contributed by atoms with E-state index in [9.17, 15) is 15.0 Å². The number of ether oxygens (including phenoxy) is 1. The zero-order valence-corrected chi connectivity index (χ0v) is 12.4. The molecule has 7 nitrogen and oxygen atoms in total. The van der Waals surface area contributed by atoms with Gasteiger partial charge < -0.3 is 20.7 Å². The molecule has 0 aliphatic carbocycles. The fourth-order valence-corrected chi connectivity index (χ4v) is 5.12. The van der Waals surface area contributed by atoms with Crippen LogP contribution in [0.3, 0.4) is 0 Å². The van der Waals surface area contributed by atoms with E-state index in [0.717, 1.165) is 21.6 Å². The van der Waals surface area contributed by atoms with Crippen LogP contribution in [0.15, 0.2) is 18.7 Å². The van der Waals surface area contributed by atoms with Crippen LogP contribution in [-0.4, -0.2) is 43.4 Å². The fraction of sp³-hybridized carbons (Fsp3) is 0.545. The SMILES string of the molecule is CCCOC1(O)C(c2cncnc2)SSC1(O)C(N)=O. The molecule has 2 heterocycles. The molecule has 1 aliphatic heterocycles. The van der Waals surface area contributed by atoms with Crippen molar-refractivity contribution >= 4 is 27.5 Å². The molecule has 1 aromatic heterocycles. The Hall–Kier alpha value is -0.870. The van der Waals surface area contributed by atoms with Crippen LogP contribution < -0.4 is 5.73 Å². The molecule has 0 bridgehead atoms. The number of hydrogen-bond donors (Lipinski definition) is 3. The Labute approximate surface area is 123 Å². The molecule has 0 spiro atoms. The van der Waals surface area contributed by atoms with Gasteiger partial charge in [0.25, 0.3) is 10.8 Å². The Morgan fingerprint density at radius 2 is 2.15 bits per heavy atom. The highest BCUT2D eigenvalue weighted by Crippen LogP contribution is 2.62. The van der Waals surface area contributed by atoms with Crippen molar-refractivity contribution in [1.82, 2.24) is 9.97 Å². The summed E-state index contributed by atoms with van der Waals surface area (Å²) in [5.74, 6) is -3.18. The zero-order chi connectivity index (χ0) is 14.8. The van der Waals surface area contributed by atoms with Crippen LogP contribution >= 0.6 is 21.6 Å². The quantitative estimate of drug-likeness (QED) is 0.520. The van der Waals surface area contributed by atoms with Crippen molar-refractivity contribution in [2.75, 3.05) is 6.61 Å². The second-order valence-corrected chi connectivity index (χ2v) is 6.78. The molecule has 2 rings (SSSR count). The number of rotatable bonds is 5. The molecule has 3 unspecified atom stereocenters. The summed E-state index contributed by atoms with van der Waals surface area (Å²) in [6.07, 6.45) is 4.96. The molecule has 0 saturated carbocycles. The van der Waals surface area contributed by atoms with Crippen LogP contribution in [0.5, 0.6) is 0 Å². The van der Waals surface area contributed by atoms with Gasteiger partial charge in [-0.1, -0.05) is 17.7 Å². The molecule has 0 aromatic carbocycles. The van der Waals surface area contributed by atoms with E-state index >= 15 is 0 Å². The first kappa shape index (κ1) is 15.5. The lowest BCUT2D eigenvalue weighted by Gasteiger charge is -2.36. The molecule has 1 aliphatic rings. The summed E-state index contributed by atoms with van der Waals surface area (Å²) >= 11 is 0. The van der Waals surface area contributed by atoms with E-state index in [1.165, 1.54) is 18.7 Å². The average molecular weight is 317 g/mol. The Bertz CT molecular complexity index is 492. The van der Waals surface area contributed by atoms with Crippen LogP contribution in [-0.2, 0) is 9.53 Å². The highest BCUT2D eigenvalue weighted by Gasteiger charge is 2.66. The number of nitrogens with zero attached hydrogens (tertiary/aromatic N) is 2. The van der Waals surface area contributed by atoms with Crippen LogP contribution in [0.1, 0.15) is 24.2 Å². The highest BCUT2D eigenvalue weighted by atomic mass is 33.1. The first-order valence-electron chi connectivity index (χ1n) is 5.93. The Balaban J connectivity index is 2.40. The maximum atomic E-state index is 11.5. The third-order valence-corrected chi connectivity index (χ3v) is 6.05. The van der Waals surface area contributed by atoms with Crippen molar-refractivity contribution in [2.45, 2.75) is 29.3 Å². The number of aromatic nitrogens is 2. The van der Waals surface area contributed by atoms with E-state index < -0.39 is 21.9 Å². The molecule has 3 atom stereocenters. The van der Waals surface area contributed by atoms with Crippen molar-refractivity contribution < 1.29 is 19.7 Å². The number of primary amides is 1. The lowest BCUT2D eigenvalue weighted by Crippen LogP contribution is -2.60. The summed E-state index contributed by atoms with van der Waals surface area (Å²) in [5, 5.41) is 20.4. The standard InChI is InChI=1S/C11H15N3O4S2/c1-2-3-18-10(16)8(7-4-13-6-14-5-7)19-20-11(10,17)9(12)15/h4-6,8,16-17H,2-3H2,1H3,(H2,12,15). The normalized spacial score (nSPS) is 33.2. The summed E-state index contributed by atoms with van der Waals surface area (Å²) in [5.41, 5.74) is 5.77. The second kappa shape index (κ2) is 5.86. The van der Waals surface area contributed by atoms with E-state index in [1.807, 2.05) is 6.92 Å². The van der Waals surface area contributed by atoms with E-state index in [4.69, 9.17) is 10.5 Å². The van der Waals surface area contributed by atoms with Crippen LogP contribution in [0.2, 0.25) is 0 Å². The maximum absolute atomic E-state index is 11.5. The molecule has 110 valence electrons. The van der Waals surface area contributed by atoms with Crippen molar-refractivity contribution in [3.8, 4) is 0 Å². The van der Waals surface area contributed by atoms with Crippen molar-refractivity contribution in [3.63, 3.8) is 0 Å². The number of carbonyl (C=O) groups is 1. The molecule has 20 heavy (non-hydrogen) atoms. The molecule has 9 heteroatoms. The third-order valence-electron chi connectivity index (χ3n) is 2.85. The maximum Gasteiger partial charge on any atom is 0.266 e. The minimum atomic E-state index is -2.23. The largest absolute Gasteiger partial charge is 0.366 e. The molecule has 1 fully saturated rings. The van der Waals surface area contributed by atoms with Gasteiger partial charge >= 0.3 is 0 Å². The number of amides is 1. The lowest BCUT2D eigenvalue weighted by molar-refractivity contribution is -0.260. The highest BCUT2D eigenvalue weighted by molar-refractivity contribution is 8.77. The van der Waals surface area contributed by atoms with Crippen LogP contribution in [0.4, 0.5) is 0 Å². The molecule has 0 radical (unpaired) electrons. The van der Waals surface area contributed by atoms with Crippen molar-refractivity contribution in [3.05, 3.63) is 24.3 Å². The van der Waals surface area contributed by atoms with Gasteiger partial charge in [-0.15, -0.1) is 0 Å². The number of carbonyl (C=O) groups excluding carboxylic acids is 1. The monoisotopic (exact) mass is 317 g/mol. The summed E-state index contributed by atoms with van der Waals surface area (Å²) in [4.78, 5) is 17.1. The van der Waals surface area contributed by atoms with Gasteiger partial charge in [0, 0.05) is 24.6 Å². The average Bonchev–Trinajstić information content (AvgIpc) is 2.72. The number of aliphatic hydroxyl groups is 2. The van der Waals surface area contributed by atoms with Gasteiger partial charge in [-0.3, -0.25) is 4.79 Å². The third kappa shape index (κ3) is 2.40. The fourth-order valence-electron chi connectivity index (χ4n) is 1.80. The predicted octanol–water partition coefficient (Wildman–Crippen LogP) is 0.202. The van der Waals surface area contributed by atoms with Gasteiger partial charge in [0.05, 0.1) is 0 Å². The van der Waals surface area contributed by atoms with Gasteiger partial charge in [-0.05, 0) is 17.2 Å². The zero-order valence-electron chi connectivity index (χ0n) is 10.7. The van der Waals surface area contributed by atoms with Crippen molar-refractivity contribution in [2.24, 2.45) is 5.73 Å². The molecule has 1 amide bonds. The van der Waals surface area contributed by atoms with Gasteiger partial charge in [-0.25, -0.2) is 9.97 Å². The lowest BCUT2D eigenvalue weighted by atomic mass is 10.00. The minimum absolute atomic E-state index is 0.178. The summed E-state index contributed by atoms with van der Waals surface area (Å²) in [6.45, 7) is 2.03. The van der Waals surface area contributed by atoms with Gasteiger partial charge in [0.1, 0.15) is 11.6 Å². The molecular formula is C11H15N3O4S2.